The monoisotopic (exact) mass is 317 g/mol. The average Bonchev–Trinajstić information content (AvgIpc) is 2.44. The average molecular weight is 317 g/mol. The van der Waals surface area contributed by atoms with Crippen molar-refractivity contribution >= 4 is 35.6 Å². The summed E-state index contributed by atoms with van der Waals surface area (Å²) in [6, 6.07) is -1.19. The highest BCUT2D eigenvalue weighted by atomic mass is 32.2. The molecule has 0 aliphatic rings. The number of aliphatic carboxylic acids is 1. The lowest BCUT2D eigenvalue weighted by Crippen LogP contribution is -2.46. The van der Waals surface area contributed by atoms with Crippen LogP contribution in [-0.2, 0) is 19.1 Å². The summed E-state index contributed by atoms with van der Waals surface area (Å²) in [6.45, 7) is 0. The fourth-order valence-electron chi connectivity index (χ4n) is 1.52. The zero-order chi connectivity index (χ0) is 16.3. The molecule has 1 amide bonds. The molecule has 0 aliphatic carbocycles. The van der Waals surface area contributed by atoms with Crippen LogP contribution in [0.1, 0.15) is 19.3 Å². The van der Waals surface area contributed by atoms with Crippen LogP contribution in [0.15, 0.2) is 0 Å². The van der Waals surface area contributed by atoms with E-state index in [4.69, 9.17) is 15.4 Å². The number of hydrogen-bond acceptors (Lipinski definition) is 5. The zero-order valence-electron chi connectivity index (χ0n) is 11.9. The zero-order valence-corrected chi connectivity index (χ0v) is 12.8. The lowest BCUT2D eigenvalue weighted by molar-refractivity contribution is -0.144. The summed E-state index contributed by atoms with van der Waals surface area (Å²) in [6.07, 6.45) is 2.07. The number of ether oxygens (including phenoxy) is 1. The van der Waals surface area contributed by atoms with Crippen LogP contribution in [-0.4, -0.2) is 65.0 Å². The van der Waals surface area contributed by atoms with E-state index >= 15 is 0 Å². The predicted molar refractivity (Wildman–Crippen MR) is 77.3 cm³/mol. The van der Waals surface area contributed by atoms with Crippen molar-refractivity contribution in [1.29, 1.82) is 0 Å². The maximum atomic E-state index is 11.9. The van der Waals surface area contributed by atoms with Gasteiger partial charge in [-0.2, -0.15) is 16.6 Å². The number of carbonyl (C=O) groups excluding carboxylic acids is 2. The maximum absolute atomic E-state index is 11.9. The van der Waals surface area contributed by atoms with E-state index in [1.807, 2.05) is 6.26 Å². The first-order valence-electron chi connectivity index (χ1n) is 6.21. The Morgan fingerprint density at radius 1 is 1.43 bits per heavy atom. The summed E-state index contributed by atoms with van der Waals surface area (Å²) in [4.78, 5) is 36.7. The number of carboxylic acids is 1. The number of Topliss-reactive ketones (excluding diaryl/α,β-unsaturated/α-hetero) is 1. The molecule has 0 heterocycles. The molecule has 21 heavy (non-hydrogen) atoms. The van der Waals surface area contributed by atoms with E-state index in [0.717, 1.165) is 0 Å². The van der Waals surface area contributed by atoms with Crippen LogP contribution in [0.5, 0.6) is 0 Å². The first-order chi connectivity index (χ1) is 9.96. The van der Waals surface area contributed by atoms with Crippen LogP contribution in [0.2, 0.25) is 0 Å². The molecule has 0 spiro atoms. The largest absolute Gasteiger partial charge is 0.480 e. The predicted octanol–water partition coefficient (Wildman–Crippen LogP) is -0.0262. The molecule has 0 aromatic rings. The quantitative estimate of drug-likeness (QED) is 0.313. The Labute approximate surface area is 126 Å². The van der Waals surface area contributed by atoms with Gasteiger partial charge in [0.05, 0.1) is 0 Å². The fourth-order valence-corrected chi connectivity index (χ4v) is 1.97. The van der Waals surface area contributed by atoms with Gasteiger partial charge in [0.15, 0.2) is 0 Å². The normalized spacial score (nSPS) is 12.9. The van der Waals surface area contributed by atoms with E-state index in [2.05, 4.69) is 10.1 Å². The third-order valence-electron chi connectivity index (χ3n) is 2.66. The van der Waals surface area contributed by atoms with Gasteiger partial charge < -0.3 is 20.7 Å². The number of ketones is 1. The lowest BCUT2D eigenvalue weighted by atomic mass is 10.1. The van der Waals surface area contributed by atoms with Crippen molar-refractivity contribution < 1.29 is 29.0 Å². The first-order valence-corrected chi connectivity index (χ1v) is 7.60. The first kappa shape index (κ1) is 19.3. The van der Waals surface area contributed by atoms with E-state index < -0.39 is 29.8 Å². The molecular formula is C12H19N3O5S. The van der Waals surface area contributed by atoms with Crippen LogP contribution in [0.25, 0.3) is 5.53 Å². The number of rotatable bonds is 11. The molecule has 9 heteroatoms. The minimum Gasteiger partial charge on any atom is -0.480 e. The Morgan fingerprint density at radius 2 is 2.10 bits per heavy atom. The molecule has 0 bridgehead atoms. The van der Waals surface area contributed by atoms with Crippen molar-refractivity contribution in [2.45, 2.75) is 31.4 Å². The molecule has 0 saturated carbocycles. The van der Waals surface area contributed by atoms with Gasteiger partial charge in [0.2, 0.25) is 11.7 Å². The highest BCUT2D eigenvalue weighted by Crippen LogP contribution is 2.06. The molecule has 0 aromatic heterocycles. The van der Waals surface area contributed by atoms with Crippen molar-refractivity contribution in [3.8, 4) is 0 Å². The highest BCUT2D eigenvalue weighted by Gasteiger charge is 2.25. The molecule has 8 nitrogen and oxygen atoms in total. The molecule has 0 saturated heterocycles. The van der Waals surface area contributed by atoms with Gasteiger partial charge in [0.25, 0.3) is 0 Å². The summed E-state index contributed by atoms with van der Waals surface area (Å²) in [5, 5.41) is 11.4. The maximum Gasteiger partial charge on any atom is 0.326 e. The number of carboxylic acid groups (broad SMARTS) is 1. The molecule has 2 unspecified atom stereocenters. The van der Waals surface area contributed by atoms with Gasteiger partial charge in [0.1, 0.15) is 12.1 Å². The van der Waals surface area contributed by atoms with Gasteiger partial charge >= 0.3 is 12.2 Å². The van der Waals surface area contributed by atoms with Crippen LogP contribution >= 0.6 is 11.8 Å². The smallest absolute Gasteiger partial charge is 0.326 e. The standard InChI is InChI=1S/C12H19N3O5S/c1-20-10(5-6-21-2)11(17)15-9(12(18)19)4-3-8(16)7-14-13/h7,9-10H,3-6H2,1-2H3,(H,15,17)(H,18,19). The molecule has 0 radical (unpaired) electrons. The highest BCUT2D eigenvalue weighted by molar-refractivity contribution is 7.98. The van der Waals surface area contributed by atoms with Crippen molar-refractivity contribution in [3.63, 3.8) is 0 Å². The van der Waals surface area contributed by atoms with Gasteiger partial charge in [0, 0.05) is 13.5 Å². The number of thioether (sulfide) groups is 1. The van der Waals surface area contributed by atoms with Gasteiger partial charge in [-0.1, -0.05) is 0 Å². The third-order valence-corrected chi connectivity index (χ3v) is 3.30. The number of methoxy groups -OCH3 is 1. The van der Waals surface area contributed by atoms with E-state index in [9.17, 15) is 14.4 Å². The van der Waals surface area contributed by atoms with Crippen molar-refractivity contribution in [1.82, 2.24) is 5.32 Å². The Bertz CT molecular complexity index is 423. The summed E-state index contributed by atoms with van der Waals surface area (Å²) in [5.41, 5.74) is 8.19. The van der Waals surface area contributed by atoms with Gasteiger partial charge in [-0.3, -0.25) is 9.59 Å². The minimum absolute atomic E-state index is 0.0924. The number of amides is 1. The van der Waals surface area contributed by atoms with Crippen molar-refractivity contribution in [3.05, 3.63) is 5.53 Å². The molecule has 2 atom stereocenters. The molecule has 0 fully saturated rings. The molecule has 0 aromatic carbocycles. The van der Waals surface area contributed by atoms with Crippen LogP contribution in [0.4, 0.5) is 0 Å². The summed E-state index contributed by atoms with van der Waals surface area (Å²) in [5.74, 6) is -1.59. The molecular weight excluding hydrogens is 298 g/mol. The van der Waals surface area contributed by atoms with E-state index in [1.165, 1.54) is 7.11 Å². The molecule has 2 N–H and O–H groups in total. The van der Waals surface area contributed by atoms with Crippen molar-refractivity contribution in [2.75, 3.05) is 19.1 Å². The Hall–Kier alpha value is -1.70. The number of carbonyl (C=O) groups is 3. The third kappa shape index (κ3) is 8.23. The summed E-state index contributed by atoms with van der Waals surface area (Å²) < 4.78 is 5.02. The SMILES string of the molecule is COC(CCSC)C(=O)NC(CCC(=O)C=[N+]=[N-])C(=O)O. The number of nitrogens with one attached hydrogen (secondary N) is 1. The Morgan fingerprint density at radius 3 is 2.57 bits per heavy atom. The van der Waals surface area contributed by atoms with Crippen LogP contribution in [0, 0.1) is 0 Å². The van der Waals surface area contributed by atoms with E-state index in [-0.39, 0.29) is 12.8 Å². The second-order valence-corrected chi connectivity index (χ2v) is 5.14. The van der Waals surface area contributed by atoms with Gasteiger partial charge in [-0.25, -0.2) is 4.79 Å². The fraction of sp³-hybridized carbons (Fsp3) is 0.667. The topological polar surface area (TPSA) is 129 Å². The van der Waals surface area contributed by atoms with Crippen molar-refractivity contribution in [2.24, 2.45) is 0 Å². The lowest BCUT2D eigenvalue weighted by Gasteiger charge is -2.18. The van der Waals surface area contributed by atoms with Gasteiger partial charge in [-0.05, 0) is 24.9 Å². The number of nitrogens with zero attached hydrogens (tertiary/aromatic N) is 2. The summed E-state index contributed by atoms with van der Waals surface area (Å²) in [7, 11) is 1.38. The van der Waals surface area contributed by atoms with E-state index in [1.54, 1.807) is 11.8 Å². The van der Waals surface area contributed by atoms with E-state index in [0.29, 0.717) is 18.4 Å². The Kier molecular flexibility index (Phi) is 10.1. The minimum atomic E-state index is -1.24. The Balaban J connectivity index is 4.54. The summed E-state index contributed by atoms with van der Waals surface area (Å²) >= 11 is 1.55. The van der Waals surface area contributed by atoms with Crippen LogP contribution in [0.3, 0.4) is 0 Å². The molecule has 0 aliphatic heterocycles. The van der Waals surface area contributed by atoms with Gasteiger partial charge in [-0.15, -0.1) is 0 Å². The van der Waals surface area contributed by atoms with Crippen LogP contribution < -0.4 is 5.32 Å². The second-order valence-electron chi connectivity index (χ2n) is 4.15. The number of hydrogen-bond donors (Lipinski definition) is 2. The molecule has 0 rings (SSSR count). The second kappa shape index (κ2) is 11.0. The molecule has 118 valence electrons.